The highest BCUT2D eigenvalue weighted by molar-refractivity contribution is 7.71. The van der Waals surface area contributed by atoms with Crippen LogP contribution in [-0.4, -0.2) is 45.3 Å². The van der Waals surface area contributed by atoms with Gasteiger partial charge in [-0.1, -0.05) is 18.2 Å². The van der Waals surface area contributed by atoms with Gasteiger partial charge in [0.1, 0.15) is 11.6 Å². The van der Waals surface area contributed by atoms with E-state index in [1.165, 1.54) is 18.2 Å². The summed E-state index contributed by atoms with van der Waals surface area (Å²) in [5, 5.41) is 7.26. The quantitative estimate of drug-likeness (QED) is 0.548. The third-order valence-corrected chi connectivity index (χ3v) is 5.25. The van der Waals surface area contributed by atoms with Crippen molar-refractivity contribution in [2.75, 3.05) is 13.1 Å². The van der Waals surface area contributed by atoms with Crippen LogP contribution in [0.4, 0.5) is 8.78 Å². The smallest absolute Gasteiger partial charge is 0.387 e. The minimum absolute atomic E-state index is 0.0433. The van der Waals surface area contributed by atoms with Crippen LogP contribution in [0.1, 0.15) is 50.0 Å². The summed E-state index contributed by atoms with van der Waals surface area (Å²) in [5.41, 5.74) is 0.434. The number of nitrogens with zero attached hydrogens (tertiary/aromatic N) is 3. The Morgan fingerprint density at radius 2 is 2.00 bits per heavy atom. The highest BCUT2D eigenvalue weighted by Gasteiger charge is 2.27. The van der Waals surface area contributed by atoms with Crippen molar-refractivity contribution in [3.8, 4) is 5.75 Å². The van der Waals surface area contributed by atoms with Gasteiger partial charge in [-0.15, -0.1) is 0 Å². The Morgan fingerprint density at radius 1 is 1.31 bits per heavy atom. The molecule has 1 N–H and O–H groups in total. The largest absolute Gasteiger partial charge is 0.434 e. The Balaban J connectivity index is 1.63. The Hall–Kier alpha value is -2.55. The lowest BCUT2D eigenvalue weighted by molar-refractivity contribution is -0.127. The van der Waals surface area contributed by atoms with E-state index >= 15 is 0 Å². The standard InChI is InChI=1S/C20H24F2N4O2S/c1-13(2)26-18(23-24-20(26)29)15-9-11-25(12-10-15)17(27)8-7-14-5-3-4-6-16(14)28-19(21)22/h3-8,13,15,19H,9-12H2,1-2H3,(H,24,29)/b8-7+. The average Bonchev–Trinajstić information content (AvgIpc) is 3.08. The van der Waals surface area contributed by atoms with E-state index < -0.39 is 6.61 Å². The molecule has 0 aliphatic carbocycles. The number of ether oxygens (including phenoxy) is 1. The SMILES string of the molecule is CC(C)n1c(C2CCN(C(=O)/C=C/c3ccccc3OC(F)F)CC2)n[nH]c1=S. The van der Waals surface area contributed by atoms with Crippen molar-refractivity contribution in [2.45, 2.75) is 45.3 Å². The van der Waals surface area contributed by atoms with Crippen molar-refractivity contribution in [1.29, 1.82) is 0 Å². The molecular weight excluding hydrogens is 398 g/mol. The number of halogens is 2. The predicted molar refractivity (Wildman–Crippen MR) is 108 cm³/mol. The monoisotopic (exact) mass is 422 g/mol. The number of aromatic nitrogens is 3. The highest BCUT2D eigenvalue weighted by Crippen LogP contribution is 2.29. The van der Waals surface area contributed by atoms with Crippen molar-refractivity contribution in [3.05, 3.63) is 46.5 Å². The van der Waals surface area contributed by atoms with Gasteiger partial charge in [0.2, 0.25) is 5.91 Å². The van der Waals surface area contributed by atoms with Crippen LogP contribution in [0.5, 0.6) is 5.75 Å². The summed E-state index contributed by atoms with van der Waals surface area (Å²) in [5.74, 6) is 1.06. The second kappa shape index (κ2) is 9.30. The summed E-state index contributed by atoms with van der Waals surface area (Å²) in [6.45, 7) is 2.41. The summed E-state index contributed by atoms with van der Waals surface area (Å²) >= 11 is 5.31. The molecule has 1 fully saturated rings. The van der Waals surface area contributed by atoms with Crippen molar-refractivity contribution in [1.82, 2.24) is 19.7 Å². The molecule has 1 amide bonds. The number of benzene rings is 1. The number of hydrogen-bond acceptors (Lipinski definition) is 4. The number of aromatic amines is 1. The number of piperidine rings is 1. The second-order valence-corrected chi connectivity index (χ2v) is 7.59. The Labute approximate surface area is 173 Å². The van der Waals surface area contributed by atoms with Gasteiger partial charge in [-0.3, -0.25) is 9.89 Å². The number of H-pyrrole nitrogens is 1. The molecule has 0 radical (unpaired) electrons. The molecule has 0 spiro atoms. The van der Waals surface area contributed by atoms with Gasteiger partial charge in [0.15, 0.2) is 4.77 Å². The normalized spacial score (nSPS) is 15.6. The Kier molecular flexibility index (Phi) is 6.79. The van der Waals surface area contributed by atoms with Crippen molar-refractivity contribution in [2.24, 2.45) is 0 Å². The number of carbonyl (C=O) groups is 1. The fourth-order valence-electron chi connectivity index (χ4n) is 3.55. The molecule has 0 unspecified atom stereocenters. The van der Waals surface area contributed by atoms with E-state index in [1.807, 2.05) is 4.57 Å². The Bertz CT molecular complexity index is 931. The third-order valence-electron chi connectivity index (χ3n) is 4.96. The number of para-hydroxylation sites is 1. The summed E-state index contributed by atoms with van der Waals surface area (Å²) in [6.07, 6.45) is 4.49. The minimum atomic E-state index is -2.91. The van der Waals surface area contributed by atoms with E-state index in [0.717, 1.165) is 18.7 Å². The molecule has 1 aliphatic rings. The van der Waals surface area contributed by atoms with Gasteiger partial charge in [-0.05, 0) is 51.0 Å². The minimum Gasteiger partial charge on any atom is -0.434 e. The van der Waals surface area contributed by atoms with Crippen LogP contribution >= 0.6 is 12.2 Å². The summed E-state index contributed by atoms with van der Waals surface area (Å²) in [6, 6.07) is 6.60. The van der Waals surface area contributed by atoms with Crippen molar-refractivity contribution < 1.29 is 18.3 Å². The van der Waals surface area contributed by atoms with Gasteiger partial charge >= 0.3 is 6.61 Å². The van der Waals surface area contributed by atoms with Gasteiger partial charge < -0.3 is 14.2 Å². The lowest BCUT2D eigenvalue weighted by atomic mass is 9.95. The highest BCUT2D eigenvalue weighted by atomic mass is 32.1. The first kappa shape index (κ1) is 21.2. The molecule has 9 heteroatoms. The third kappa shape index (κ3) is 5.09. The first-order valence-corrected chi connectivity index (χ1v) is 9.95. The van der Waals surface area contributed by atoms with Gasteiger partial charge in [-0.2, -0.15) is 13.9 Å². The number of carbonyl (C=O) groups excluding carboxylic acids is 1. The molecule has 156 valence electrons. The van der Waals surface area contributed by atoms with E-state index in [0.29, 0.717) is 23.4 Å². The van der Waals surface area contributed by atoms with Crippen LogP contribution in [0.3, 0.4) is 0 Å². The van der Waals surface area contributed by atoms with Crippen LogP contribution in [0.15, 0.2) is 30.3 Å². The molecule has 6 nitrogen and oxygen atoms in total. The second-order valence-electron chi connectivity index (χ2n) is 7.20. The molecule has 0 bridgehead atoms. The van der Waals surface area contributed by atoms with E-state index in [2.05, 4.69) is 28.8 Å². The van der Waals surface area contributed by atoms with Gasteiger partial charge in [0.25, 0.3) is 0 Å². The van der Waals surface area contributed by atoms with Crippen molar-refractivity contribution >= 4 is 24.2 Å². The molecule has 2 heterocycles. The van der Waals surface area contributed by atoms with E-state index in [-0.39, 0.29) is 23.6 Å². The lowest BCUT2D eigenvalue weighted by Gasteiger charge is -2.31. The summed E-state index contributed by atoms with van der Waals surface area (Å²) in [7, 11) is 0. The fraction of sp³-hybridized carbons (Fsp3) is 0.450. The van der Waals surface area contributed by atoms with Crippen molar-refractivity contribution in [3.63, 3.8) is 0 Å². The number of alkyl halides is 2. The van der Waals surface area contributed by atoms with E-state index in [1.54, 1.807) is 23.1 Å². The van der Waals surface area contributed by atoms with E-state index in [9.17, 15) is 13.6 Å². The number of rotatable bonds is 6. The Morgan fingerprint density at radius 3 is 2.66 bits per heavy atom. The summed E-state index contributed by atoms with van der Waals surface area (Å²) < 4.78 is 32.1. The number of amides is 1. The van der Waals surface area contributed by atoms with E-state index in [4.69, 9.17) is 12.2 Å². The zero-order valence-corrected chi connectivity index (χ0v) is 17.2. The molecular formula is C20H24F2N4O2S. The van der Waals surface area contributed by atoms with Gasteiger partial charge in [0, 0.05) is 36.7 Å². The van der Waals surface area contributed by atoms with Gasteiger partial charge in [0.05, 0.1) is 0 Å². The maximum Gasteiger partial charge on any atom is 0.387 e. The first-order valence-electron chi connectivity index (χ1n) is 9.54. The van der Waals surface area contributed by atoms with Crippen LogP contribution in [0.25, 0.3) is 6.08 Å². The maximum absolute atomic E-state index is 12.5. The molecule has 1 aromatic heterocycles. The molecule has 0 atom stereocenters. The lowest BCUT2D eigenvalue weighted by Crippen LogP contribution is -2.37. The molecule has 3 rings (SSSR count). The molecule has 2 aromatic rings. The van der Waals surface area contributed by atoms with Crippen LogP contribution in [0, 0.1) is 4.77 Å². The average molecular weight is 423 g/mol. The molecule has 1 aliphatic heterocycles. The van der Waals surface area contributed by atoms with Crippen LogP contribution in [0.2, 0.25) is 0 Å². The molecule has 29 heavy (non-hydrogen) atoms. The molecule has 1 saturated heterocycles. The molecule has 1 aromatic carbocycles. The molecule has 0 saturated carbocycles. The van der Waals surface area contributed by atoms with Gasteiger partial charge in [-0.25, -0.2) is 0 Å². The summed E-state index contributed by atoms with van der Waals surface area (Å²) in [4.78, 5) is 14.3. The number of nitrogens with one attached hydrogen (secondary N) is 1. The van der Waals surface area contributed by atoms with Crippen LogP contribution in [-0.2, 0) is 4.79 Å². The zero-order valence-electron chi connectivity index (χ0n) is 16.3. The maximum atomic E-state index is 12.5. The predicted octanol–water partition coefficient (Wildman–Crippen LogP) is 4.54. The fourth-order valence-corrected chi connectivity index (χ4v) is 3.90. The first-order chi connectivity index (χ1) is 13.9. The number of hydrogen-bond donors (Lipinski definition) is 1. The van der Waals surface area contributed by atoms with Crippen LogP contribution < -0.4 is 4.74 Å². The zero-order chi connectivity index (χ0) is 21.0. The number of likely N-dealkylation sites (tertiary alicyclic amines) is 1. The topological polar surface area (TPSA) is 63.1 Å².